The normalized spacial score (nSPS) is 10.9. The number of carbonyl (C=O) groups excluding carboxylic acids is 1. The van der Waals surface area contributed by atoms with Gasteiger partial charge in [0.2, 0.25) is 0 Å². The molecule has 104 valence electrons. The maximum atomic E-state index is 12.2. The van der Waals surface area contributed by atoms with Crippen molar-refractivity contribution in [2.45, 2.75) is 6.92 Å². The molecule has 1 heterocycles. The molecule has 0 saturated carbocycles. The fourth-order valence-corrected chi connectivity index (χ4v) is 1.71. The summed E-state index contributed by atoms with van der Waals surface area (Å²) < 4.78 is 5.55. The lowest BCUT2D eigenvalue weighted by atomic mass is 10.2. The zero-order valence-electron chi connectivity index (χ0n) is 10.9. The molecule has 0 bridgehead atoms. The largest absolute Gasteiger partial charge is 0.618 e. The van der Waals surface area contributed by atoms with Crippen molar-refractivity contribution < 1.29 is 19.0 Å². The van der Waals surface area contributed by atoms with E-state index in [0.29, 0.717) is 9.46 Å². The quantitative estimate of drug-likeness (QED) is 0.363. The van der Waals surface area contributed by atoms with Crippen molar-refractivity contribution >= 4 is 23.3 Å². The van der Waals surface area contributed by atoms with E-state index in [-0.39, 0.29) is 22.4 Å². The molecule has 2 aromatic rings. The minimum Gasteiger partial charge on any atom is -0.618 e. The molecule has 0 aliphatic carbocycles. The van der Waals surface area contributed by atoms with Crippen molar-refractivity contribution in [3.8, 4) is 0 Å². The van der Waals surface area contributed by atoms with Gasteiger partial charge in [0.1, 0.15) is 6.21 Å². The van der Waals surface area contributed by atoms with Crippen LogP contribution in [0.5, 0.6) is 0 Å². The van der Waals surface area contributed by atoms with Crippen LogP contribution in [0.15, 0.2) is 29.4 Å². The average molecular weight is 276 g/mol. The number of benzene rings is 1. The molecule has 1 aromatic heterocycles. The fourth-order valence-electron chi connectivity index (χ4n) is 1.71. The van der Waals surface area contributed by atoms with Gasteiger partial charge >= 0.3 is 11.8 Å². The number of aromatic nitrogens is 2. The molecule has 0 aliphatic rings. The van der Waals surface area contributed by atoms with Gasteiger partial charge in [0.05, 0.1) is 7.11 Å². The van der Waals surface area contributed by atoms with Gasteiger partial charge < -0.3 is 15.2 Å². The number of fused-ring (bicyclic) bond motifs is 1. The first-order valence-electron chi connectivity index (χ1n) is 5.67. The number of ether oxygens (including phenoxy) is 1. The first kappa shape index (κ1) is 13.5. The molecule has 0 spiro atoms. The highest BCUT2D eigenvalue weighted by molar-refractivity contribution is 5.79. The molecule has 8 heteroatoms. The van der Waals surface area contributed by atoms with Crippen molar-refractivity contribution in [2.24, 2.45) is 5.10 Å². The van der Waals surface area contributed by atoms with Crippen LogP contribution >= 0.6 is 0 Å². The molecule has 0 saturated heterocycles. The summed E-state index contributed by atoms with van der Waals surface area (Å²) in [6, 6.07) is 6.40. The summed E-state index contributed by atoms with van der Waals surface area (Å²) >= 11 is 0. The smallest absolute Gasteiger partial charge is 0.427 e. The van der Waals surface area contributed by atoms with Gasteiger partial charge in [0, 0.05) is 19.1 Å². The second-order valence-corrected chi connectivity index (χ2v) is 3.91. The van der Waals surface area contributed by atoms with Crippen LogP contribution in [-0.4, -0.2) is 19.4 Å². The number of methoxy groups -OCH3 is 1. The summed E-state index contributed by atoms with van der Waals surface area (Å²) in [7, 11) is 1.19. The molecular weight excluding hydrogens is 264 g/mol. The first-order chi connectivity index (χ1) is 9.56. The number of carbonyl (C=O) groups is 1. The molecule has 1 aromatic carbocycles. The van der Waals surface area contributed by atoms with E-state index in [0.717, 1.165) is 6.21 Å². The van der Waals surface area contributed by atoms with Crippen molar-refractivity contribution in [3.63, 3.8) is 0 Å². The van der Waals surface area contributed by atoms with Gasteiger partial charge in [-0.3, -0.25) is 0 Å². The standard InChI is InChI=1S/C12H12N4O4/c1-8-11(7-13-14-12(17)20-2)16(19)10-6-4-3-5-9(10)15(8)18/h3-7H,1-2H3,(H,14,17). The summed E-state index contributed by atoms with van der Waals surface area (Å²) in [5.41, 5.74) is 2.74. The Morgan fingerprint density at radius 2 is 1.90 bits per heavy atom. The molecule has 0 radical (unpaired) electrons. The molecule has 2 rings (SSSR count). The van der Waals surface area contributed by atoms with E-state index >= 15 is 0 Å². The van der Waals surface area contributed by atoms with Crippen LogP contribution < -0.4 is 14.9 Å². The molecule has 0 unspecified atom stereocenters. The van der Waals surface area contributed by atoms with Gasteiger partial charge in [0.25, 0.3) is 16.7 Å². The summed E-state index contributed by atoms with van der Waals surface area (Å²) in [6.45, 7) is 1.49. The lowest BCUT2D eigenvalue weighted by Crippen LogP contribution is -2.44. The van der Waals surface area contributed by atoms with Gasteiger partial charge in [-0.1, -0.05) is 12.1 Å². The van der Waals surface area contributed by atoms with Crippen LogP contribution in [0.3, 0.4) is 0 Å². The van der Waals surface area contributed by atoms with Crippen LogP contribution in [0.2, 0.25) is 0 Å². The lowest BCUT2D eigenvalue weighted by Gasteiger charge is -2.08. The molecular formula is C12H12N4O4. The van der Waals surface area contributed by atoms with Crippen molar-refractivity contribution in [2.75, 3.05) is 7.11 Å². The average Bonchev–Trinajstić information content (AvgIpc) is 2.48. The minimum atomic E-state index is -0.771. The van der Waals surface area contributed by atoms with Crippen LogP contribution in [0.1, 0.15) is 11.4 Å². The fraction of sp³-hybridized carbons (Fsp3) is 0.167. The van der Waals surface area contributed by atoms with E-state index in [9.17, 15) is 15.2 Å². The first-order valence-corrected chi connectivity index (χ1v) is 5.67. The van der Waals surface area contributed by atoms with Crippen molar-refractivity contribution in [1.82, 2.24) is 5.43 Å². The predicted molar refractivity (Wildman–Crippen MR) is 69.7 cm³/mol. The molecule has 0 atom stereocenters. The Balaban J connectivity index is 2.51. The Morgan fingerprint density at radius 1 is 1.30 bits per heavy atom. The Kier molecular flexibility index (Phi) is 3.65. The third-order valence-corrected chi connectivity index (χ3v) is 2.74. The Hall–Kier alpha value is -2.90. The van der Waals surface area contributed by atoms with Crippen LogP contribution in [-0.2, 0) is 4.74 Å². The second-order valence-electron chi connectivity index (χ2n) is 3.91. The zero-order valence-corrected chi connectivity index (χ0v) is 10.9. The number of hydrazone groups is 1. The van der Waals surface area contributed by atoms with E-state index in [1.54, 1.807) is 18.2 Å². The lowest BCUT2D eigenvalue weighted by molar-refractivity contribution is -0.634. The minimum absolute atomic E-state index is 0.0371. The van der Waals surface area contributed by atoms with E-state index in [4.69, 9.17) is 0 Å². The zero-order chi connectivity index (χ0) is 14.7. The molecule has 1 N–H and O–H groups in total. The number of para-hydroxylation sites is 2. The van der Waals surface area contributed by atoms with E-state index in [2.05, 4.69) is 9.84 Å². The van der Waals surface area contributed by atoms with Crippen molar-refractivity contribution in [3.05, 3.63) is 46.1 Å². The molecule has 20 heavy (non-hydrogen) atoms. The number of nitrogens with one attached hydrogen (secondary N) is 1. The molecule has 1 amide bonds. The SMILES string of the molecule is COC(=O)NN=Cc1c(C)[n+]([O-])c2ccccc2[n+]1[O-]. The second kappa shape index (κ2) is 5.39. The van der Waals surface area contributed by atoms with E-state index in [1.165, 1.54) is 20.1 Å². The van der Waals surface area contributed by atoms with Crippen LogP contribution in [0, 0.1) is 17.3 Å². The summed E-state index contributed by atoms with van der Waals surface area (Å²) in [5, 5.41) is 27.8. The summed E-state index contributed by atoms with van der Waals surface area (Å²) in [6.07, 6.45) is 0.326. The number of nitrogens with zero attached hydrogens (tertiary/aromatic N) is 3. The third kappa shape index (κ3) is 2.30. The summed E-state index contributed by atoms with van der Waals surface area (Å²) in [4.78, 5) is 10.9. The van der Waals surface area contributed by atoms with Gasteiger partial charge in [0.15, 0.2) is 0 Å². The van der Waals surface area contributed by atoms with Gasteiger partial charge in [-0.2, -0.15) is 14.6 Å². The summed E-state index contributed by atoms with van der Waals surface area (Å²) in [5.74, 6) is 0. The number of amides is 1. The Morgan fingerprint density at radius 3 is 2.50 bits per heavy atom. The maximum Gasteiger partial charge on any atom is 0.427 e. The van der Waals surface area contributed by atoms with Crippen LogP contribution in [0.25, 0.3) is 11.0 Å². The number of rotatable bonds is 2. The topological polar surface area (TPSA) is 105 Å². The Bertz CT molecular complexity index is 699. The van der Waals surface area contributed by atoms with Gasteiger partial charge in [-0.25, -0.2) is 10.2 Å². The monoisotopic (exact) mass is 276 g/mol. The number of hydrogen-bond donors (Lipinski definition) is 1. The Labute approximate surface area is 114 Å². The third-order valence-electron chi connectivity index (χ3n) is 2.74. The molecule has 8 nitrogen and oxygen atoms in total. The predicted octanol–water partition coefficient (Wildman–Crippen LogP) is 0.105. The highest BCUT2D eigenvalue weighted by atomic mass is 16.5. The molecule has 0 aliphatic heterocycles. The maximum absolute atomic E-state index is 12.2. The highest BCUT2D eigenvalue weighted by Crippen LogP contribution is 2.07. The van der Waals surface area contributed by atoms with Gasteiger partial charge in [-0.05, 0) is 0 Å². The highest BCUT2D eigenvalue weighted by Gasteiger charge is 2.23. The van der Waals surface area contributed by atoms with E-state index in [1.807, 2.05) is 5.43 Å². The van der Waals surface area contributed by atoms with Gasteiger partial charge in [-0.15, -0.1) is 0 Å². The number of hydrogen-bond acceptors (Lipinski definition) is 5. The van der Waals surface area contributed by atoms with Crippen LogP contribution in [0.4, 0.5) is 4.79 Å². The molecule has 0 fully saturated rings. The van der Waals surface area contributed by atoms with Crippen molar-refractivity contribution in [1.29, 1.82) is 0 Å². The van der Waals surface area contributed by atoms with E-state index < -0.39 is 6.09 Å².